The van der Waals surface area contributed by atoms with E-state index in [2.05, 4.69) is 37.3 Å². The van der Waals surface area contributed by atoms with Gasteiger partial charge in [0.15, 0.2) is 0 Å². The molecule has 0 atom stereocenters. The highest BCUT2D eigenvalue weighted by atomic mass is 16.4. The lowest BCUT2D eigenvalue weighted by Crippen LogP contribution is -2.43. The van der Waals surface area contributed by atoms with Crippen LogP contribution in [0.15, 0.2) is 42.2 Å². The summed E-state index contributed by atoms with van der Waals surface area (Å²) in [6.07, 6.45) is 5.47. The van der Waals surface area contributed by atoms with E-state index in [1.165, 1.54) is 11.1 Å². The molecule has 186 valence electrons. The third-order valence-corrected chi connectivity index (χ3v) is 4.89. The summed E-state index contributed by atoms with van der Waals surface area (Å²) in [5.74, 6) is 0.537. The number of aliphatic imine (C=N–C) groups is 1. The Bertz CT molecular complexity index is 820. The topological polar surface area (TPSA) is 125 Å². The number of amides is 3. The van der Waals surface area contributed by atoms with Gasteiger partial charge in [0.2, 0.25) is 11.8 Å². The van der Waals surface area contributed by atoms with Crippen LogP contribution in [0, 0.1) is 16.7 Å². The van der Waals surface area contributed by atoms with E-state index in [0.29, 0.717) is 23.7 Å². The Morgan fingerprint density at radius 1 is 1.21 bits per heavy atom. The van der Waals surface area contributed by atoms with E-state index in [1.807, 2.05) is 41.5 Å². The molecule has 0 bridgehead atoms. The minimum absolute atomic E-state index is 0.0967. The molecule has 0 fully saturated rings. The molecule has 33 heavy (non-hydrogen) atoms. The number of hydrogen-bond donors (Lipinski definition) is 3. The number of carboxylic acid groups (broad SMARTS) is 1. The number of hydrogen-bond acceptors (Lipinski definition) is 4. The van der Waals surface area contributed by atoms with Gasteiger partial charge in [-0.05, 0) is 44.1 Å². The lowest BCUT2D eigenvalue weighted by molar-refractivity contribution is -0.136. The Hall–Kier alpha value is -2.90. The van der Waals surface area contributed by atoms with Crippen molar-refractivity contribution in [3.63, 3.8) is 0 Å². The van der Waals surface area contributed by atoms with Gasteiger partial charge in [0, 0.05) is 35.3 Å². The highest BCUT2D eigenvalue weighted by molar-refractivity contribution is 6.13. The van der Waals surface area contributed by atoms with Crippen LogP contribution in [0.2, 0.25) is 0 Å². The van der Waals surface area contributed by atoms with Gasteiger partial charge >= 0.3 is 6.09 Å². The zero-order valence-corrected chi connectivity index (χ0v) is 21.5. The average molecular weight is 463 g/mol. The third-order valence-electron chi connectivity index (χ3n) is 4.89. The summed E-state index contributed by atoms with van der Waals surface area (Å²) in [5.41, 5.74) is 4.62. The van der Waals surface area contributed by atoms with Crippen LogP contribution in [-0.4, -0.2) is 39.3 Å². The van der Waals surface area contributed by atoms with E-state index >= 15 is 0 Å². The minimum Gasteiger partial charge on any atom is -0.465 e. The fourth-order valence-corrected chi connectivity index (χ4v) is 4.35. The van der Waals surface area contributed by atoms with Crippen LogP contribution in [0.3, 0.4) is 0 Å². The second kappa shape index (κ2) is 11.8. The summed E-state index contributed by atoms with van der Waals surface area (Å²) in [4.78, 5) is 39.9. The Labute approximate surface area is 198 Å². The summed E-state index contributed by atoms with van der Waals surface area (Å²) in [6.45, 7) is 22.9. The van der Waals surface area contributed by atoms with Crippen molar-refractivity contribution in [3.05, 3.63) is 37.2 Å². The first-order valence-electron chi connectivity index (χ1n) is 11.0. The monoisotopic (exact) mass is 462 g/mol. The smallest absolute Gasteiger partial charge is 0.405 e. The standard InChI is InChI=1S/C17H25N3O2.C8H17NO2/c1-7-19-14-12(2)8-9-20(14)15(22)17(5,6)11-16(3,4)10-13(18)21;1-6(2)5-8(3,4)9-7(10)11/h7-9H,1-2,10-11H2,3-6H3,(H2,18,21);6,9H,5H2,1-4H3,(H,10,11). The quantitative estimate of drug-likeness (QED) is 0.453. The maximum absolute atomic E-state index is 12.9. The molecule has 0 aliphatic carbocycles. The van der Waals surface area contributed by atoms with Gasteiger partial charge in [-0.15, -0.1) is 0 Å². The highest BCUT2D eigenvalue weighted by Gasteiger charge is 2.40. The van der Waals surface area contributed by atoms with Crippen molar-refractivity contribution in [2.75, 3.05) is 0 Å². The molecule has 8 nitrogen and oxygen atoms in total. The SMILES string of the molecule is C=CN=C1C(=C)C=CN1C(=O)C(C)(C)CC(C)(C)CC(N)=O.CC(C)CC(C)(C)NC(=O)O. The van der Waals surface area contributed by atoms with E-state index in [1.54, 1.807) is 12.3 Å². The van der Waals surface area contributed by atoms with E-state index in [4.69, 9.17) is 10.8 Å². The van der Waals surface area contributed by atoms with Gasteiger partial charge in [-0.1, -0.05) is 54.7 Å². The molecule has 0 aromatic carbocycles. The molecule has 0 saturated heterocycles. The van der Waals surface area contributed by atoms with Crippen molar-refractivity contribution in [3.8, 4) is 0 Å². The van der Waals surface area contributed by atoms with Crippen molar-refractivity contribution < 1.29 is 19.5 Å². The number of carbonyl (C=O) groups excluding carboxylic acids is 2. The summed E-state index contributed by atoms with van der Waals surface area (Å²) >= 11 is 0. The molecule has 3 amide bonds. The lowest BCUT2D eigenvalue weighted by atomic mass is 9.72. The van der Waals surface area contributed by atoms with E-state index in [-0.39, 0.29) is 29.2 Å². The number of nitrogens with zero attached hydrogens (tertiary/aromatic N) is 2. The second-order valence-electron chi connectivity index (χ2n) is 10.9. The van der Waals surface area contributed by atoms with Gasteiger partial charge < -0.3 is 16.2 Å². The second-order valence-corrected chi connectivity index (χ2v) is 10.9. The zero-order valence-electron chi connectivity index (χ0n) is 21.5. The number of amidine groups is 1. The van der Waals surface area contributed by atoms with E-state index in [0.717, 1.165) is 6.42 Å². The number of nitrogens with two attached hydrogens (primary N) is 1. The third kappa shape index (κ3) is 11.0. The van der Waals surface area contributed by atoms with Gasteiger partial charge in [0.05, 0.1) is 0 Å². The maximum atomic E-state index is 12.9. The first-order chi connectivity index (χ1) is 14.8. The number of carbonyl (C=O) groups is 3. The molecule has 0 saturated carbocycles. The molecule has 1 heterocycles. The van der Waals surface area contributed by atoms with Gasteiger partial charge in [-0.2, -0.15) is 0 Å². The predicted molar refractivity (Wildman–Crippen MR) is 133 cm³/mol. The first kappa shape index (κ1) is 30.1. The van der Waals surface area contributed by atoms with Crippen LogP contribution in [0.5, 0.6) is 0 Å². The summed E-state index contributed by atoms with van der Waals surface area (Å²) < 4.78 is 0. The summed E-state index contributed by atoms with van der Waals surface area (Å²) in [5, 5.41) is 10.9. The summed E-state index contributed by atoms with van der Waals surface area (Å²) in [6, 6.07) is 0. The van der Waals surface area contributed by atoms with Crippen LogP contribution in [-0.2, 0) is 9.59 Å². The Morgan fingerprint density at radius 2 is 1.76 bits per heavy atom. The van der Waals surface area contributed by atoms with Crippen LogP contribution >= 0.6 is 0 Å². The zero-order chi connectivity index (χ0) is 26.2. The van der Waals surface area contributed by atoms with Crippen molar-refractivity contribution in [1.29, 1.82) is 0 Å². The van der Waals surface area contributed by atoms with E-state index in [9.17, 15) is 14.4 Å². The fraction of sp³-hybridized carbons (Fsp3) is 0.600. The van der Waals surface area contributed by atoms with Crippen molar-refractivity contribution >= 4 is 23.7 Å². The van der Waals surface area contributed by atoms with Crippen molar-refractivity contribution in [2.24, 2.45) is 27.5 Å². The van der Waals surface area contributed by atoms with Crippen LogP contribution in [0.25, 0.3) is 0 Å². The average Bonchev–Trinajstić information content (AvgIpc) is 2.91. The predicted octanol–water partition coefficient (Wildman–Crippen LogP) is 4.84. The largest absolute Gasteiger partial charge is 0.465 e. The van der Waals surface area contributed by atoms with Gasteiger partial charge in [-0.25, -0.2) is 9.79 Å². The molecular formula is C25H42N4O4. The molecule has 0 aromatic rings. The number of rotatable bonds is 9. The normalized spacial score (nSPS) is 15.4. The molecule has 0 spiro atoms. The fourth-order valence-electron chi connectivity index (χ4n) is 4.35. The van der Waals surface area contributed by atoms with Crippen molar-refractivity contribution in [2.45, 2.75) is 80.2 Å². The summed E-state index contributed by atoms with van der Waals surface area (Å²) in [7, 11) is 0. The molecule has 1 rings (SSSR count). The number of primary amides is 1. The Kier molecular flexibility index (Phi) is 10.8. The highest BCUT2D eigenvalue weighted by Crippen LogP contribution is 2.38. The molecule has 8 heteroatoms. The van der Waals surface area contributed by atoms with Crippen LogP contribution in [0.1, 0.15) is 74.7 Å². The first-order valence-corrected chi connectivity index (χ1v) is 11.0. The molecule has 0 aromatic heterocycles. The maximum Gasteiger partial charge on any atom is 0.405 e. The van der Waals surface area contributed by atoms with Gasteiger partial charge in [0.1, 0.15) is 5.84 Å². The molecule has 4 N–H and O–H groups in total. The van der Waals surface area contributed by atoms with Gasteiger partial charge in [-0.3, -0.25) is 14.5 Å². The van der Waals surface area contributed by atoms with Crippen molar-refractivity contribution in [1.82, 2.24) is 10.2 Å². The minimum atomic E-state index is -0.948. The Balaban J connectivity index is 0.000000785. The molecule has 0 radical (unpaired) electrons. The lowest BCUT2D eigenvalue weighted by Gasteiger charge is -2.35. The van der Waals surface area contributed by atoms with Gasteiger partial charge in [0.25, 0.3) is 0 Å². The van der Waals surface area contributed by atoms with E-state index < -0.39 is 11.5 Å². The Morgan fingerprint density at radius 3 is 2.18 bits per heavy atom. The molecule has 0 unspecified atom stereocenters. The molecular weight excluding hydrogens is 420 g/mol. The molecule has 1 aliphatic rings. The van der Waals surface area contributed by atoms with Crippen LogP contribution in [0.4, 0.5) is 4.79 Å². The van der Waals surface area contributed by atoms with Crippen LogP contribution < -0.4 is 11.1 Å². The molecule has 1 aliphatic heterocycles. The number of nitrogens with one attached hydrogen (secondary N) is 1.